The second-order valence-electron chi connectivity index (χ2n) is 3.46. The molecule has 0 aliphatic rings. The van der Waals surface area contributed by atoms with Crippen LogP contribution in [-0.4, -0.2) is 19.8 Å². The average molecular weight is 266 g/mol. The summed E-state index contributed by atoms with van der Waals surface area (Å²) >= 11 is 11.4. The van der Waals surface area contributed by atoms with Gasteiger partial charge in [-0.3, -0.25) is 0 Å². The van der Waals surface area contributed by atoms with Crippen molar-refractivity contribution in [3.63, 3.8) is 0 Å². The van der Waals surface area contributed by atoms with Crippen LogP contribution in [0.4, 0.5) is 10.1 Å². The van der Waals surface area contributed by atoms with Crippen molar-refractivity contribution in [2.75, 3.05) is 19.0 Å². The summed E-state index contributed by atoms with van der Waals surface area (Å²) in [6.45, 7) is 2.60. The average Bonchev–Trinajstić information content (AvgIpc) is 2.25. The van der Waals surface area contributed by atoms with Gasteiger partial charge in [0.15, 0.2) is 5.82 Å². The third kappa shape index (κ3) is 3.51. The van der Waals surface area contributed by atoms with Crippen LogP contribution in [-0.2, 0) is 4.74 Å². The van der Waals surface area contributed by atoms with Gasteiger partial charge in [-0.2, -0.15) is 0 Å². The smallest absolute Gasteiger partial charge is 0.160 e. The predicted octanol–water partition coefficient (Wildman–Crippen LogP) is 3.97. The fraction of sp³-hybridized carbons (Fsp3) is 0.455. The van der Waals surface area contributed by atoms with Crippen molar-refractivity contribution in [3.05, 3.63) is 28.0 Å². The van der Waals surface area contributed by atoms with Crippen molar-refractivity contribution in [2.45, 2.75) is 19.4 Å². The second-order valence-corrected chi connectivity index (χ2v) is 4.27. The molecule has 90 valence electrons. The molecule has 0 amide bonds. The quantitative estimate of drug-likeness (QED) is 0.814. The van der Waals surface area contributed by atoms with Gasteiger partial charge in [-0.1, -0.05) is 30.1 Å². The van der Waals surface area contributed by atoms with E-state index in [0.29, 0.717) is 12.3 Å². The number of halogens is 3. The number of methoxy groups -OCH3 is 1. The Bertz CT molecular complexity index is 337. The fourth-order valence-corrected chi connectivity index (χ4v) is 1.82. The molecule has 0 aliphatic heterocycles. The van der Waals surface area contributed by atoms with Gasteiger partial charge in [0, 0.05) is 18.8 Å². The first kappa shape index (κ1) is 13.6. The Morgan fingerprint density at radius 2 is 1.94 bits per heavy atom. The molecule has 1 aromatic carbocycles. The topological polar surface area (TPSA) is 21.3 Å². The number of rotatable bonds is 5. The van der Waals surface area contributed by atoms with Crippen LogP contribution in [0.1, 0.15) is 13.3 Å². The molecule has 0 heterocycles. The molecule has 1 rings (SSSR count). The van der Waals surface area contributed by atoms with Crippen molar-refractivity contribution in [3.8, 4) is 0 Å². The first-order valence-corrected chi connectivity index (χ1v) is 5.74. The summed E-state index contributed by atoms with van der Waals surface area (Å²) in [7, 11) is 1.63. The molecule has 0 saturated heterocycles. The lowest BCUT2D eigenvalue weighted by Gasteiger charge is -2.17. The first-order chi connectivity index (χ1) is 7.58. The summed E-state index contributed by atoms with van der Waals surface area (Å²) in [5.74, 6) is -0.589. The Morgan fingerprint density at radius 3 is 2.38 bits per heavy atom. The van der Waals surface area contributed by atoms with Gasteiger partial charge in [0.25, 0.3) is 0 Å². The Kier molecular flexibility index (Phi) is 5.32. The van der Waals surface area contributed by atoms with Crippen LogP contribution in [0.3, 0.4) is 0 Å². The molecular formula is C11H14Cl2FNO. The molecule has 1 unspecified atom stereocenters. The number of hydrogen-bond acceptors (Lipinski definition) is 2. The highest BCUT2D eigenvalue weighted by Gasteiger charge is 2.10. The Hall–Kier alpha value is -0.510. The van der Waals surface area contributed by atoms with Crippen molar-refractivity contribution >= 4 is 28.9 Å². The van der Waals surface area contributed by atoms with Crippen molar-refractivity contribution in [1.29, 1.82) is 0 Å². The first-order valence-electron chi connectivity index (χ1n) is 4.98. The minimum Gasteiger partial charge on any atom is -0.383 e. The molecule has 0 fully saturated rings. The minimum absolute atomic E-state index is 0.0160. The molecule has 1 aromatic rings. The van der Waals surface area contributed by atoms with Gasteiger partial charge in [-0.25, -0.2) is 4.39 Å². The lowest BCUT2D eigenvalue weighted by atomic mass is 10.2. The normalized spacial score (nSPS) is 12.6. The molecule has 0 spiro atoms. The summed E-state index contributed by atoms with van der Waals surface area (Å²) in [5, 5.41) is 3.21. The number of ether oxygens (including phenoxy) is 1. The van der Waals surface area contributed by atoms with E-state index >= 15 is 0 Å². The largest absolute Gasteiger partial charge is 0.383 e. The van der Waals surface area contributed by atoms with E-state index in [9.17, 15) is 4.39 Å². The number of hydrogen-bond donors (Lipinski definition) is 1. The van der Waals surface area contributed by atoms with Gasteiger partial charge in [0.1, 0.15) is 0 Å². The molecule has 1 atom stereocenters. The van der Waals surface area contributed by atoms with E-state index in [-0.39, 0.29) is 16.1 Å². The maximum Gasteiger partial charge on any atom is 0.160 e. The number of benzene rings is 1. The lowest BCUT2D eigenvalue weighted by molar-refractivity contribution is 0.184. The van der Waals surface area contributed by atoms with Crippen molar-refractivity contribution < 1.29 is 9.13 Å². The van der Waals surface area contributed by atoms with Crippen LogP contribution in [0.15, 0.2) is 12.1 Å². The minimum atomic E-state index is -0.589. The molecule has 0 aromatic heterocycles. The van der Waals surface area contributed by atoms with E-state index in [1.807, 2.05) is 6.92 Å². The second kappa shape index (κ2) is 6.28. The number of nitrogens with one attached hydrogen (secondary N) is 1. The summed E-state index contributed by atoms with van der Waals surface area (Å²) in [6, 6.07) is 3.19. The zero-order valence-corrected chi connectivity index (χ0v) is 10.7. The highest BCUT2D eigenvalue weighted by molar-refractivity contribution is 6.35. The van der Waals surface area contributed by atoms with Gasteiger partial charge < -0.3 is 10.1 Å². The van der Waals surface area contributed by atoms with E-state index in [0.717, 1.165) is 6.42 Å². The highest BCUT2D eigenvalue weighted by atomic mass is 35.5. The van der Waals surface area contributed by atoms with Gasteiger partial charge >= 0.3 is 0 Å². The molecule has 0 radical (unpaired) electrons. The van der Waals surface area contributed by atoms with E-state index < -0.39 is 5.82 Å². The van der Waals surface area contributed by atoms with E-state index in [1.165, 1.54) is 12.1 Å². The monoisotopic (exact) mass is 265 g/mol. The predicted molar refractivity (Wildman–Crippen MR) is 66.0 cm³/mol. The molecule has 2 nitrogen and oxygen atoms in total. The van der Waals surface area contributed by atoms with Gasteiger partial charge in [0.2, 0.25) is 0 Å². The van der Waals surface area contributed by atoms with E-state index in [2.05, 4.69) is 5.32 Å². The summed E-state index contributed by atoms with van der Waals surface area (Å²) in [4.78, 5) is 0. The summed E-state index contributed by atoms with van der Waals surface area (Å²) in [6.07, 6.45) is 0.889. The van der Waals surface area contributed by atoms with Crippen LogP contribution in [0.2, 0.25) is 10.0 Å². The van der Waals surface area contributed by atoms with Gasteiger partial charge in [-0.15, -0.1) is 0 Å². The molecule has 0 aliphatic carbocycles. The summed E-state index contributed by atoms with van der Waals surface area (Å²) < 4.78 is 18.2. The Balaban J connectivity index is 2.80. The Labute approximate surface area is 105 Å². The number of anilines is 1. The van der Waals surface area contributed by atoms with Gasteiger partial charge in [0.05, 0.1) is 16.7 Å². The zero-order valence-electron chi connectivity index (χ0n) is 9.19. The SMILES string of the molecule is CCC(COC)Nc1cc(Cl)c(F)c(Cl)c1. The molecule has 1 N–H and O–H groups in total. The van der Waals surface area contributed by atoms with Crippen LogP contribution in [0, 0.1) is 5.82 Å². The molecule has 0 saturated carbocycles. The van der Waals surface area contributed by atoms with E-state index in [4.69, 9.17) is 27.9 Å². The van der Waals surface area contributed by atoms with Crippen molar-refractivity contribution in [2.24, 2.45) is 0 Å². The van der Waals surface area contributed by atoms with Crippen LogP contribution in [0.5, 0.6) is 0 Å². The van der Waals surface area contributed by atoms with Crippen molar-refractivity contribution in [1.82, 2.24) is 0 Å². The molecule has 0 bridgehead atoms. The third-order valence-electron chi connectivity index (χ3n) is 2.22. The summed E-state index contributed by atoms with van der Waals surface area (Å²) in [5.41, 5.74) is 0.695. The van der Waals surface area contributed by atoms with Crippen LogP contribution in [0.25, 0.3) is 0 Å². The van der Waals surface area contributed by atoms with Gasteiger partial charge in [-0.05, 0) is 18.6 Å². The zero-order chi connectivity index (χ0) is 12.1. The van der Waals surface area contributed by atoms with Crippen LogP contribution >= 0.6 is 23.2 Å². The maximum atomic E-state index is 13.2. The highest BCUT2D eigenvalue weighted by Crippen LogP contribution is 2.27. The lowest BCUT2D eigenvalue weighted by Crippen LogP contribution is -2.23. The fourth-order valence-electron chi connectivity index (χ4n) is 1.34. The molecule has 5 heteroatoms. The molecular weight excluding hydrogens is 252 g/mol. The van der Waals surface area contributed by atoms with E-state index in [1.54, 1.807) is 7.11 Å². The standard InChI is InChI=1S/C11H14Cl2FNO/c1-3-7(6-16-2)15-8-4-9(12)11(14)10(13)5-8/h4-5,7,15H,3,6H2,1-2H3. The van der Waals surface area contributed by atoms with Crippen LogP contribution < -0.4 is 5.32 Å². The maximum absolute atomic E-state index is 13.2. The Morgan fingerprint density at radius 1 is 1.38 bits per heavy atom. The molecule has 16 heavy (non-hydrogen) atoms. The third-order valence-corrected chi connectivity index (χ3v) is 2.77.